The summed E-state index contributed by atoms with van der Waals surface area (Å²) in [6.45, 7) is 6.47. The highest BCUT2D eigenvalue weighted by atomic mass is 35.5. The molecule has 0 bridgehead atoms. The molecule has 2 N–H and O–H groups in total. The molecule has 0 saturated heterocycles. The molecule has 0 saturated carbocycles. The number of nitrogens with zero attached hydrogens (tertiary/aromatic N) is 3. The highest BCUT2D eigenvalue weighted by molar-refractivity contribution is 6.36. The summed E-state index contributed by atoms with van der Waals surface area (Å²) in [5.74, 6) is 0.0719. The Morgan fingerprint density at radius 3 is 2.57 bits per heavy atom. The Morgan fingerprint density at radius 2 is 1.83 bits per heavy atom. The van der Waals surface area contributed by atoms with Gasteiger partial charge in [0, 0.05) is 5.69 Å². The monoisotopic (exact) mass is 421 g/mol. The molecule has 7 nitrogen and oxygen atoms in total. The van der Waals surface area contributed by atoms with Gasteiger partial charge in [-0.15, -0.1) is 0 Å². The summed E-state index contributed by atoms with van der Waals surface area (Å²) in [5, 5.41) is 11.0. The molecule has 0 aliphatic heterocycles. The van der Waals surface area contributed by atoms with Crippen LogP contribution in [0.5, 0.6) is 0 Å². The van der Waals surface area contributed by atoms with Gasteiger partial charge in [0.25, 0.3) is 5.91 Å². The van der Waals surface area contributed by atoms with Crippen molar-refractivity contribution in [1.82, 2.24) is 15.1 Å². The van der Waals surface area contributed by atoms with Crippen molar-refractivity contribution in [2.75, 3.05) is 10.6 Å². The Labute approximate surface area is 178 Å². The number of carbonyl (C=O) groups is 1. The summed E-state index contributed by atoms with van der Waals surface area (Å²) >= 11 is 6.30. The highest BCUT2D eigenvalue weighted by Gasteiger charge is 2.21. The molecular formula is C22H20ClN5O2. The number of rotatable bonds is 4. The van der Waals surface area contributed by atoms with Crippen LogP contribution in [0.15, 0.2) is 59.6 Å². The maximum Gasteiger partial charge on any atom is 0.261 e. The molecule has 0 atom stereocenters. The van der Waals surface area contributed by atoms with Crippen LogP contribution >= 0.6 is 11.6 Å². The first-order chi connectivity index (χ1) is 14.3. The smallest absolute Gasteiger partial charge is 0.261 e. The molecule has 4 aromatic rings. The Kier molecular flexibility index (Phi) is 5.13. The summed E-state index contributed by atoms with van der Waals surface area (Å²) in [6.07, 6.45) is 4.37. The number of anilines is 3. The van der Waals surface area contributed by atoms with E-state index in [0.29, 0.717) is 22.5 Å². The second-order valence-electron chi connectivity index (χ2n) is 7.87. The van der Waals surface area contributed by atoms with Gasteiger partial charge in [-0.2, -0.15) is 0 Å². The van der Waals surface area contributed by atoms with Crippen LogP contribution in [0.2, 0.25) is 5.02 Å². The van der Waals surface area contributed by atoms with Crippen LogP contribution in [0.4, 0.5) is 17.2 Å². The number of fused-ring (bicyclic) bond motifs is 1. The standard InChI is InChI=1S/C22H20ClN5O2/c1-22(2,3)13-5-4-6-14(9-13)26-20-16-7-8-17(23)18(19(16)30-28-20)21(29)27-15-10-24-12-25-11-15/h4-12H,1-3H3,(H,26,28)(H,27,29). The minimum atomic E-state index is -0.433. The fourth-order valence-corrected chi connectivity index (χ4v) is 3.27. The van der Waals surface area contributed by atoms with Crippen molar-refractivity contribution in [1.29, 1.82) is 0 Å². The van der Waals surface area contributed by atoms with E-state index >= 15 is 0 Å². The maximum atomic E-state index is 12.8. The zero-order valence-corrected chi connectivity index (χ0v) is 17.5. The number of aromatic nitrogens is 3. The van der Waals surface area contributed by atoms with Gasteiger partial charge in [-0.25, -0.2) is 9.97 Å². The lowest BCUT2D eigenvalue weighted by Gasteiger charge is -2.19. The molecule has 30 heavy (non-hydrogen) atoms. The van der Waals surface area contributed by atoms with Crippen LogP contribution in [-0.2, 0) is 5.41 Å². The van der Waals surface area contributed by atoms with Crippen molar-refractivity contribution < 1.29 is 9.32 Å². The lowest BCUT2D eigenvalue weighted by molar-refractivity contribution is 0.102. The Morgan fingerprint density at radius 1 is 1.07 bits per heavy atom. The second-order valence-corrected chi connectivity index (χ2v) is 8.27. The third-order valence-corrected chi connectivity index (χ3v) is 4.94. The average Bonchev–Trinajstić information content (AvgIpc) is 3.10. The summed E-state index contributed by atoms with van der Waals surface area (Å²) in [5.41, 5.74) is 3.03. The zero-order valence-electron chi connectivity index (χ0n) is 16.7. The van der Waals surface area contributed by atoms with Gasteiger partial charge in [-0.3, -0.25) is 4.79 Å². The molecule has 0 spiro atoms. The minimum Gasteiger partial charge on any atom is -0.353 e. The molecule has 0 unspecified atom stereocenters. The van der Waals surface area contributed by atoms with Gasteiger partial charge in [0.2, 0.25) is 0 Å². The number of amides is 1. The fraction of sp³-hybridized carbons (Fsp3) is 0.182. The van der Waals surface area contributed by atoms with Crippen molar-refractivity contribution in [3.05, 3.63) is 71.3 Å². The van der Waals surface area contributed by atoms with Crippen molar-refractivity contribution in [3.63, 3.8) is 0 Å². The van der Waals surface area contributed by atoms with Crippen molar-refractivity contribution in [2.24, 2.45) is 0 Å². The summed E-state index contributed by atoms with van der Waals surface area (Å²) in [4.78, 5) is 20.6. The SMILES string of the molecule is CC(C)(C)c1cccc(Nc2noc3c(C(=O)Nc4cncnc4)c(Cl)ccc23)c1. The van der Waals surface area contributed by atoms with Crippen LogP contribution in [0, 0.1) is 0 Å². The maximum absolute atomic E-state index is 12.8. The number of nitrogens with one attached hydrogen (secondary N) is 2. The van der Waals surface area contributed by atoms with E-state index < -0.39 is 5.91 Å². The van der Waals surface area contributed by atoms with Crippen LogP contribution < -0.4 is 10.6 Å². The van der Waals surface area contributed by atoms with Crippen molar-refractivity contribution in [3.8, 4) is 0 Å². The van der Waals surface area contributed by atoms with E-state index in [1.165, 1.54) is 24.3 Å². The molecule has 2 aromatic carbocycles. The predicted molar refractivity (Wildman–Crippen MR) is 117 cm³/mol. The zero-order chi connectivity index (χ0) is 21.3. The molecule has 152 valence electrons. The number of carbonyl (C=O) groups excluding carboxylic acids is 1. The quantitative estimate of drug-likeness (QED) is 0.447. The fourth-order valence-electron chi connectivity index (χ4n) is 3.04. The van der Waals surface area contributed by atoms with Crippen LogP contribution in [0.1, 0.15) is 36.7 Å². The van der Waals surface area contributed by atoms with E-state index in [9.17, 15) is 4.79 Å². The van der Waals surface area contributed by atoms with Crippen LogP contribution in [0.3, 0.4) is 0 Å². The van der Waals surface area contributed by atoms with E-state index in [2.05, 4.69) is 58.7 Å². The lowest BCUT2D eigenvalue weighted by atomic mass is 9.87. The number of hydrogen-bond donors (Lipinski definition) is 2. The first-order valence-electron chi connectivity index (χ1n) is 9.35. The van der Waals surface area contributed by atoms with E-state index in [0.717, 1.165) is 5.69 Å². The molecule has 0 fully saturated rings. The van der Waals surface area contributed by atoms with Crippen molar-refractivity contribution >= 4 is 45.7 Å². The molecule has 4 rings (SSSR count). The Balaban J connectivity index is 1.68. The lowest BCUT2D eigenvalue weighted by Crippen LogP contribution is -2.13. The van der Waals surface area contributed by atoms with Gasteiger partial charge >= 0.3 is 0 Å². The van der Waals surface area contributed by atoms with Crippen molar-refractivity contribution in [2.45, 2.75) is 26.2 Å². The summed E-state index contributed by atoms with van der Waals surface area (Å²) in [6, 6.07) is 11.5. The van der Waals surface area contributed by atoms with Gasteiger partial charge in [0.15, 0.2) is 11.4 Å². The number of halogens is 1. The van der Waals surface area contributed by atoms with Gasteiger partial charge < -0.3 is 15.2 Å². The topological polar surface area (TPSA) is 92.9 Å². The Hall–Kier alpha value is -3.45. The molecule has 1 amide bonds. The molecule has 0 radical (unpaired) electrons. The molecule has 2 aromatic heterocycles. The highest BCUT2D eigenvalue weighted by Crippen LogP contribution is 2.33. The summed E-state index contributed by atoms with van der Waals surface area (Å²) < 4.78 is 5.50. The van der Waals surface area contributed by atoms with Gasteiger partial charge in [0.1, 0.15) is 11.9 Å². The molecule has 2 heterocycles. The van der Waals surface area contributed by atoms with Gasteiger partial charge in [-0.05, 0) is 35.2 Å². The van der Waals surface area contributed by atoms with E-state index in [4.69, 9.17) is 16.1 Å². The van der Waals surface area contributed by atoms with Gasteiger partial charge in [0.05, 0.1) is 28.5 Å². The van der Waals surface area contributed by atoms with E-state index in [1.54, 1.807) is 12.1 Å². The predicted octanol–water partition coefficient (Wildman–Crippen LogP) is 5.56. The average molecular weight is 422 g/mol. The third kappa shape index (κ3) is 3.97. The minimum absolute atomic E-state index is 0.0174. The molecular weight excluding hydrogens is 402 g/mol. The van der Waals surface area contributed by atoms with Crippen LogP contribution in [-0.4, -0.2) is 21.0 Å². The first-order valence-corrected chi connectivity index (χ1v) is 9.72. The Bertz CT molecular complexity index is 1220. The number of benzene rings is 2. The number of hydrogen-bond acceptors (Lipinski definition) is 6. The van der Waals surface area contributed by atoms with E-state index in [-0.39, 0.29) is 16.0 Å². The molecule has 0 aliphatic carbocycles. The van der Waals surface area contributed by atoms with Gasteiger partial charge in [-0.1, -0.05) is 49.7 Å². The third-order valence-electron chi connectivity index (χ3n) is 4.63. The largest absolute Gasteiger partial charge is 0.353 e. The van der Waals surface area contributed by atoms with E-state index in [1.807, 2.05) is 12.1 Å². The summed E-state index contributed by atoms with van der Waals surface area (Å²) in [7, 11) is 0. The second kappa shape index (κ2) is 7.76. The first kappa shape index (κ1) is 19.8. The van der Waals surface area contributed by atoms with Crippen LogP contribution in [0.25, 0.3) is 11.0 Å². The molecule has 0 aliphatic rings. The normalized spacial score (nSPS) is 11.5. The molecule has 8 heteroatoms.